The fourth-order valence-electron chi connectivity index (χ4n) is 2.83. The lowest BCUT2D eigenvalue weighted by atomic mass is 10.2. The summed E-state index contributed by atoms with van der Waals surface area (Å²) in [5.41, 5.74) is 0.446. The van der Waals surface area contributed by atoms with Gasteiger partial charge >= 0.3 is 5.69 Å². The number of hydrogen-bond acceptors (Lipinski definition) is 6. The summed E-state index contributed by atoms with van der Waals surface area (Å²) in [4.78, 5) is 22.5. The number of benzene rings is 2. The number of hydrogen-bond donors (Lipinski definition) is 1. The first-order valence-electron chi connectivity index (χ1n) is 8.64. The number of aryl methyl sites for hydroxylation is 1. The number of nitrogens with one attached hydrogen (secondary N) is 1. The minimum Gasteiger partial charge on any atom is -0.278 e. The Balaban J connectivity index is 1.77. The molecule has 0 saturated heterocycles. The van der Waals surface area contributed by atoms with E-state index in [0.29, 0.717) is 11.4 Å². The van der Waals surface area contributed by atoms with Crippen LogP contribution in [0.1, 0.15) is 5.56 Å². The van der Waals surface area contributed by atoms with Crippen molar-refractivity contribution in [1.29, 1.82) is 0 Å². The van der Waals surface area contributed by atoms with Crippen molar-refractivity contribution in [3.63, 3.8) is 0 Å². The minimum atomic E-state index is -3.99. The monoisotopic (exact) mass is 417 g/mol. The van der Waals surface area contributed by atoms with E-state index in [-0.39, 0.29) is 29.4 Å². The average Bonchev–Trinajstić information content (AvgIpc) is 2.97. The van der Waals surface area contributed by atoms with Gasteiger partial charge in [-0.1, -0.05) is 36.4 Å². The lowest BCUT2D eigenvalue weighted by Crippen LogP contribution is -2.32. The van der Waals surface area contributed by atoms with Gasteiger partial charge in [0, 0.05) is 31.3 Å². The fourth-order valence-corrected chi connectivity index (χ4v) is 4.11. The molecule has 10 nitrogen and oxygen atoms in total. The Morgan fingerprint density at radius 2 is 1.86 bits per heavy atom. The summed E-state index contributed by atoms with van der Waals surface area (Å²) >= 11 is 0. The van der Waals surface area contributed by atoms with E-state index in [1.165, 1.54) is 21.4 Å². The maximum absolute atomic E-state index is 12.5. The largest absolute Gasteiger partial charge is 0.345 e. The van der Waals surface area contributed by atoms with Gasteiger partial charge in [-0.05, 0) is 12.5 Å². The normalized spacial score (nSPS) is 11.5. The zero-order chi connectivity index (χ0) is 21.2. The number of rotatable bonds is 7. The molecular weight excluding hydrogens is 398 g/mol. The molecule has 0 bridgehead atoms. The molecule has 0 fully saturated rings. The number of sulfonamides is 1. The molecule has 0 atom stereocenters. The van der Waals surface area contributed by atoms with Gasteiger partial charge in [0.25, 0.3) is 5.69 Å². The van der Waals surface area contributed by atoms with Gasteiger partial charge in [-0.25, -0.2) is 22.6 Å². The predicted octanol–water partition coefficient (Wildman–Crippen LogP) is 1.44. The molecule has 11 heteroatoms. The summed E-state index contributed by atoms with van der Waals surface area (Å²) in [5, 5.41) is 15.2. The molecular formula is C18H19N5O5S. The lowest BCUT2D eigenvalue weighted by molar-refractivity contribution is -0.385. The first-order valence-corrected chi connectivity index (χ1v) is 10.1. The minimum absolute atomic E-state index is 0.00666. The zero-order valence-corrected chi connectivity index (χ0v) is 16.6. The molecule has 0 spiro atoms. The number of nitro benzene ring substituents is 1. The molecule has 1 aromatic heterocycles. The SMILES string of the molecule is Cc1ccc([N+](=O)[O-])cc1S(=O)(=O)NCCn1nc(-c2ccccc2)n(C)c1=O. The third kappa shape index (κ3) is 4.25. The third-order valence-electron chi connectivity index (χ3n) is 4.36. The summed E-state index contributed by atoms with van der Waals surface area (Å²) in [5.74, 6) is 0.466. The fraction of sp³-hybridized carbons (Fsp3) is 0.222. The molecule has 0 unspecified atom stereocenters. The summed E-state index contributed by atoms with van der Waals surface area (Å²) in [7, 11) is -2.40. The van der Waals surface area contributed by atoms with Crippen LogP contribution in [0, 0.1) is 17.0 Å². The van der Waals surface area contributed by atoms with Crippen molar-refractivity contribution in [2.45, 2.75) is 18.4 Å². The van der Waals surface area contributed by atoms with Crippen LogP contribution < -0.4 is 10.4 Å². The zero-order valence-electron chi connectivity index (χ0n) is 15.8. The van der Waals surface area contributed by atoms with Crippen LogP contribution in [0.5, 0.6) is 0 Å². The van der Waals surface area contributed by atoms with Gasteiger partial charge in [-0.2, -0.15) is 0 Å². The van der Waals surface area contributed by atoms with E-state index in [1.54, 1.807) is 14.0 Å². The molecule has 152 valence electrons. The van der Waals surface area contributed by atoms with Gasteiger partial charge in [0.05, 0.1) is 16.4 Å². The van der Waals surface area contributed by atoms with E-state index in [4.69, 9.17) is 0 Å². The van der Waals surface area contributed by atoms with Gasteiger partial charge in [0.1, 0.15) is 0 Å². The van der Waals surface area contributed by atoms with Crippen LogP contribution in [0.2, 0.25) is 0 Å². The third-order valence-corrected chi connectivity index (χ3v) is 5.96. The molecule has 0 amide bonds. The van der Waals surface area contributed by atoms with Crippen molar-refractivity contribution in [2.75, 3.05) is 6.54 Å². The quantitative estimate of drug-likeness (QED) is 0.457. The van der Waals surface area contributed by atoms with Gasteiger partial charge in [0.15, 0.2) is 5.82 Å². The standard InChI is InChI=1S/C18H19N5O5S/c1-13-8-9-15(23(25)26)12-16(13)29(27,28)19-10-11-22-18(24)21(2)17(20-22)14-6-4-3-5-7-14/h3-9,12,19H,10-11H2,1-2H3. The second-order valence-corrected chi connectivity index (χ2v) is 8.09. The van der Waals surface area contributed by atoms with Crippen molar-refractivity contribution in [3.05, 3.63) is 74.7 Å². The van der Waals surface area contributed by atoms with Gasteiger partial charge in [-0.15, -0.1) is 5.10 Å². The van der Waals surface area contributed by atoms with Crippen molar-refractivity contribution in [1.82, 2.24) is 19.1 Å². The summed E-state index contributed by atoms with van der Waals surface area (Å²) < 4.78 is 30.0. The smallest absolute Gasteiger partial charge is 0.278 e. The maximum atomic E-state index is 12.5. The van der Waals surface area contributed by atoms with E-state index in [1.807, 2.05) is 30.3 Å². The van der Waals surface area contributed by atoms with E-state index in [2.05, 4.69) is 9.82 Å². The number of aromatic nitrogens is 3. The second-order valence-electron chi connectivity index (χ2n) is 6.36. The van der Waals surface area contributed by atoms with Gasteiger partial charge in [0.2, 0.25) is 10.0 Å². The highest BCUT2D eigenvalue weighted by Gasteiger charge is 2.20. The molecule has 0 aliphatic carbocycles. The number of non-ortho nitro benzene ring substituents is 1. The van der Waals surface area contributed by atoms with Crippen LogP contribution in [0.25, 0.3) is 11.4 Å². The summed E-state index contributed by atoms with van der Waals surface area (Å²) in [6, 6.07) is 12.8. The maximum Gasteiger partial charge on any atom is 0.345 e. The van der Waals surface area contributed by atoms with Crippen molar-refractivity contribution < 1.29 is 13.3 Å². The molecule has 0 aliphatic rings. The van der Waals surface area contributed by atoms with Crippen LogP contribution in [0.15, 0.2) is 58.2 Å². The Hall–Kier alpha value is -3.31. The van der Waals surface area contributed by atoms with Crippen molar-refractivity contribution in [2.24, 2.45) is 7.05 Å². The molecule has 2 aromatic carbocycles. The average molecular weight is 417 g/mol. The lowest BCUT2D eigenvalue weighted by Gasteiger charge is -2.09. The van der Waals surface area contributed by atoms with E-state index in [9.17, 15) is 23.3 Å². The predicted molar refractivity (Wildman–Crippen MR) is 106 cm³/mol. The van der Waals surface area contributed by atoms with Crippen molar-refractivity contribution in [3.8, 4) is 11.4 Å². The molecule has 3 rings (SSSR count). The molecule has 3 aromatic rings. The summed E-state index contributed by atoms with van der Waals surface area (Å²) in [6.45, 7) is 1.45. The van der Waals surface area contributed by atoms with E-state index in [0.717, 1.165) is 11.6 Å². The molecule has 29 heavy (non-hydrogen) atoms. The molecule has 1 N–H and O–H groups in total. The first kappa shape index (κ1) is 20.4. The molecule has 1 heterocycles. The van der Waals surface area contributed by atoms with Crippen LogP contribution in [-0.4, -0.2) is 34.2 Å². The molecule has 0 radical (unpaired) electrons. The number of nitro groups is 1. The van der Waals surface area contributed by atoms with E-state index < -0.39 is 14.9 Å². The second kappa shape index (κ2) is 7.97. The van der Waals surface area contributed by atoms with Crippen LogP contribution in [-0.2, 0) is 23.6 Å². The topological polar surface area (TPSA) is 129 Å². The van der Waals surface area contributed by atoms with Gasteiger partial charge < -0.3 is 0 Å². The Morgan fingerprint density at radius 1 is 1.17 bits per heavy atom. The Bertz CT molecular complexity index is 1220. The van der Waals surface area contributed by atoms with Crippen LogP contribution >= 0.6 is 0 Å². The van der Waals surface area contributed by atoms with Crippen LogP contribution in [0.3, 0.4) is 0 Å². The highest BCUT2D eigenvalue weighted by Crippen LogP contribution is 2.21. The Kier molecular flexibility index (Phi) is 5.62. The molecule has 0 saturated carbocycles. The number of nitrogens with zero attached hydrogens (tertiary/aromatic N) is 4. The van der Waals surface area contributed by atoms with Gasteiger partial charge in [-0.3, -0.25) is 14.7 Å². The Morgan fingerprint density at radius 3 is 2.52 bits per heavy atom. The highest BCUT2D eigenvalue weighted by atomic mass is 32.2. The van der Waals surface area contributed by atoms with Crippen molar-refractivity contribution >= 4 is 15.7 Å². The first-order chi connectivity index (χ1) is 13.7. The Labute approximate surface area is 166 Å². The van der Waals surface area contributed by atoms with E-state index >= 15 is 0 Å². The summed E-state index contributed by atoms with van der Waals surface area (Å²) in [6.07, 6.45) is 0. The molecule has 0 aliphatic heterocycles. The van der Waals surface area contributed by atoms with Crippen LogP contribution in [0.4, 0.5) is 5.69 Å². The highest BCUT2D eigenvalue weighted by molar-refractivity contribution is 7.89.